The maximum atomic E-state index is 13.6. The van der Waals surface area contributed by atoms with Crippen molar-refractivity contribution in [1.29, 1.82) is 0 Å². The summed E-state index contributed by atoms with van der Waals surface area (Å²) in [4.78, 5) is 41.1. The number of hydrogen-bond donors (Lipinski definition) is 2. The normalized spacial score (nSPS) is 24.5. The largest absolute Gasteiger partial charge is 0.487 e. The highest BCUT2D eigenvalue weighted by atomic mass is 16.7. The van der Waals surface area contributed by atoms with Gasteiger partial charge in [0.25, 0.3) is 0 Å². The van der Waals surface area contributed by atoms with Gasteiger partial charge in [-0.15, -0.1) is 0 Å². The lowest BCUT2D eigenvalue weighted by Gasteiger charge is -2.43. The minimum Gasteiger partial charge on any atom is -0.487 e. The molecule has 0 aromatic heterocycles. The van der Waals surface area contributed by atoms with E-state index in [1.807, 2.05) is 69.5 Å². The van der Waals surface area contributed by atoms with E-state index in [9.17, 15) is 19.5 Å². The van der Waals surface area contributed by atoms with E-state index >= 15 is 0 Å². The Bertz CT molecular complexity index is 946. The standard InChI is InChI=1S/C31H54N2O9.3C2H6/c1-19-13-11-12-14-38-24(32-28(19)35)17-40-31(7,8)27(42-25-16-23(33(9)10)15-20(2)41-25)21(3)26(34)22(4)29(36)39-18-30(5,6)37;3*1-2/h17,19-23,25,27,37H,11-16,18H2,1-10H3,(H,32,35);3*1-2H3/b24-17-;;;/t19?,20?,21-,22?,23?,25?,27+;;;/m0.../s1. The van der Waals surface area contributed by atoms with Gasteiger partial charge in [-0.1, -0.05) is 55.4 Å². The Balaban J connectivity index is 0. The van der Waals surface area contributed by atoms with Crippen molar-refractivity contribution in [3.8, 4) is 0 Å². The molecule has 0 saturated carbocycles. The molecule has 2 aliphatic heterocycles. The fourth-order valence-electron chi connectivity index (χ4n) is 5.14. The van der Waals surface area contributed by atoms with Gasteiger partial charge in [-0.25, -0.2) is 0 Å². The number of ketones is 1. The third kappa shape index (κ3) is 17.4. The molecule has 2 aliphatic rings. The Hall–Kier alpha value is -2.21. The molecule has 0 aliphatic carbocycles. The van der Waals surface area contributed by atoms with Crippen LogP contribution in [0, 0.1) is 17.8 Å². The molecule has 2 saturated heterocycles. The van der Waals surface area contributed by atoms with Gasteiger partial charge in [0, 0.05) is 24.3 Å². The monoisotopic (exact) mass is 689 g/mol. The first kappa shape index (κ1) is 47.9. The number of nitrogens with one attached hydrogen (secondary N) is 1. The van der Waals surface area contributed by atoms with E-state index < -0.39 is 41.4 Å². The van der Waals surface area contributed by atoms with Crippen molar-refractivity contribution >= 4 is 17.7 Å². The number of hydrogen-bond acceptors (Lipinski definition) is 10. The fourth-order valence-corrected chi connectivity index (χ4v) is 5.14. The van der Waals surface area contributed by atoms with Gasteiger partial charge in [-0.3, -0.25) is 19.7 Å². The van der Waals surface area contributed by atoms with E-state index in [0.29, 0.717) is 13.0 Å². The van der Waals surface area contributed by atoms with Crippen molar-refractivity contribution in [1.82, 2.24) is 10.2 Å². The molecule has 0 spiro atoms. The third-order valence-corrected chi connectivity index (χ3v) is 7.87. The Morgan fingerprint density at radius 3 is 2.15 bits per heavy atom. The smallest absolute Gasteiger partial charge is 0.316 e. The van der Waals surface area contributed by atoms with Crippen LogP contribution < -0.4 is 5.32 Å². The van der Waals surface area contributed by atoms with Crippen LogP contribution in [0.2, 0.25) is 0 Å². The SMILES string of the molecule is CC.CC.CC.CC1CC(N(C)C)CC(O[C@H]([C@@H](C)C(=O)C(C)C(=O)OCC(C)(C)O)C(C)(C)O/C=C2/NC(=O)C(C)CCCCO2)O1. The number of carbonyl (C=O) groups excluding carboxylic acids is 3. The van der Waals surface area contributed by atoms with E-state index in [2.05, 4.69) is 10.2 Å². The topological polar surface area (TPSA) is 133 Å². The second kappa shape index (κ2) is 24.0. The number of rotatable bonds is 12. The lowest BCUT2D eigenvalue weighted by atomic mass is 9.83. The summed E-state index contributed by atoms with van der Waals surface area (Å²) in [5.41, 5.74) is -2.34. The maximum Gasteiger partial charge on any atom is 0.316 e. The summed E-state index contributed by atoms with van der Waals surface area (Å²) in [7, 11) is 4.02. The predicted octanol–water partition coefficient (Wildman–Crippen LogP) is 6.61. The van der Waals surface area contributed by atoms with Gasteiger partial charge >= 0.3 is 5.97 Å². The van der Waals surface area contributed by atoms with Gasteiger partial charge in [0.15, 0.2) is 12.1 Å². The van der Waals surface area contributed by atoms with Gasteiger partial charge in [-0.05, 0) is 81.3 Å². The minimum atomic E-state index is -1.22. The van der Waals surface area contributed by atoms with Gasteiger partial charge in [0.05, 0.1) is 18.3 Å². The first-order valence-electron chi connectivity index (χ1n) is 18.1. The molecule has 0 radical (unpaired) electrons. The molecule has 7 atom stereocenters. The quantitative estimate of drug-likeness (QED) is 0.131. The molecule has 48 heavy (non-hydrogen) atoms. The number of Topliss-reactive ketones (excluding diaryl/α,β-unsaturated/α-hetero) is 1. The molecule has 0 bridgehead atoms. The van der Waals surface area contributed by atoms with E-state index in [4.69, 9.17) is 23.7 Å². The summed E-state index contributed by atoms with van der Waals surface area (Å²) >= 11 is 0. The van der Waals surface area contributed by atoms with Crippen molar-refractivity contribution in [3.05, 3.63) is 12.1 Å². The lowest BCUT2D eigenvalue weighted by Crippen LogP contribution is -2.52. The van der Waals surface area contributed by atoms with Crippen molar-refractivity contribution in [2.75, 3.05) is 27.3 Å². The number of amides is 1. The van der Waals surface area contributed by atoms with Crippen molar-refractivity contribution in [2.24, 2.45) is 17.8 Å². The molecule has 284 valence electrons. The Labute approximate surface area is 292 Å². The van der Waals surface area contributed by atoms with Crippen molar-refractivity contribution in [2.45, 2.75) is 165 Å². The molecule has 1 amide bonds. The van der Waals surface area contributed by atoms with Crippen molar-refractivity contribution < 1.29 is 43.2 Å². The molecule has 0 aromatic rings. The molecule has 11 heteroatoms. The maximum absolute atomic E-state index is 13.6. The highest BCUT2D eigenvalue weighted by Crippen LogP contribution is 2.33. The van der Waals surface area contributed by atoms with Gasteiger partial charge in [-0.2, -0.15) is 0 Å². The number of nitrogens with zero attached hydrogens (tertiary/aromatic N) is 1. The molecule has 11 nitrogen and oxygen atoms in total. The van der Waals surface area contributed by atoms with Gasteiger partial charge in [0.2, 0.25) is 11.8 Å². The molecule has 2 N–H and O–H groups in total. The van der Waals surface area contributed by atoms with Crippen LogP contribution in [0.3, 0.4) is 0 Å². The minimum absolute atomic E-state index is 0.0610. The molecule has 2 rings (SSSR count). The lowest BCUT2D eigenvalue weighted by molar-refractivity contribution is -0.255. The molecule has 2 heterocycles. The zero-order chi connectivity index (χ0) is 37.8. The molecule has 0 aromatic carbocycles. The first-order valence-corrected chi connectivity index (χ1v) is 18.1. The second-order valence-electron chi connectivity index (χ2n) is 13.3. The van der Waals surface area contributed by atoms with Crippen LogP contribution in [-0.4, -0.2) is 90.7 Å². The van der Waals surface area contributed by atoms with E-state index in [-0.39, 0.29) is 42.2 Å². The predicted molar refractivity (Wildman–Crippen MR) is 191 cm³/mol. The van der Waals surface area contributed by atoms with Crippen LogP contribution in [0.15, 0.2) is 12.1 Å². The summed E-state index contributed by atoms with van der Waals surface area (Å²) < 4.78 is 29.9. The van der Waals surface area contributed by atoms with E-state index in [1.54, 1.807) is 20.8 Å². The highest BCUT2D eigenvalue weighted by molar-refractivity contribution is 5.99. The Morgan fingerprint density at radius 2 is 1.60 bits per heavy atom. The summed E-state index contributed by atoms with van der Waals surface area (Å²) in [6, 6.07) is 0.219. The zero-order valence-corrected chi connectivity index (χ0v) is 33.2. The first-order chi connectivity index (χ1) is 22.4. The average Bonchev–Trinajstić information content (AvgIpc) is 3.12. The molecule has 5 unspecified atom stereocenters. The summed E-state index contributed by atoms with van der Waals surface area (Å²) in [6.45, 7) is 25.8. The fraction of sp³-hybridized carbons (Fsp3) is 0.865. The van der Waals surface area contributed by atoms with E-state index in [0.717, 1.165) is 25.7 Å². The Kier molecular flexibility index (Phi) is 24.0. The van der Waals surface area contributed by atoms with Crippen LogP contribution >= 0.6 is 0 Å². The van der Waals surface area contributed by atoms with Crippen LogP contribution in [-0.2, 0) is 38.1 Å². The average molecular weight is 689 g/mol. The molecular weight excluding hydrogens is 616 g/mol. The van der Waals surface area contributed by atoms with Crippen molar-refractivity contribution in [3.63, 3.8) is 0 Å². The van der Waals surface area contributed by atoms with Crippen LogP contribution in [0.25, 0.3) is 0 Å². The van der Waals surface area contributed by atoms with E-state index in [1.165, 1.54) is 27.0 Å². The number of esters is 1. The summed E-state index contributed by atoms with van der Waals surface area (Å²) in [6.07, 6.45) is 3.73. The second-order valence-corrected chi connectivity index (χ2v) is 13.3. The Morgan fingerprint density at radius 1 is 1.02 bits per heavy atom. The van der Waals surface area contributed by atoms with Crippen LogP contribution in [0.4, 0.5) is 0 Å². The third-order valence-electron chi connectivity index (χ3n) is 7.87. The molecule has 2 fully saturated rings. The number of aliphatic hydroxyl groups is 1. The number of ether oxygens (including phenoxy) is 5. The highest BCUT2D eigenvalue weighted by Gasteiger charge is 2.45. The summed E-state index contributed by atoms with van der Waals surface area (Å²) in [5.74, 6) is -3.14. The molecular formula is C37H72N2O9. The zero-order valence-electron chi connectivity index (χ0n) is 33.2. The summed E-state index contributed by atoms with van der Waals surface area (Å²) in [5, 5.41) is 12.7. The van der Waals surface area contributed by atoms with Gasteiger partial charge in [0.1, 0.15) is 30.5 Å². The van der Waals surface area contributed by atoms with Crippen LogP contribution in [0.5, 0.6) is 0 Å². The van der Waals surface area contributed by atoms with Crippen LogP contribution in [0.1, 0.15) is 129 Å². The van der Waals surface area contributed by atoms with Gasteiger partial charge < -0.3 is 33.7 Å². The number of carbonyl (C=O) groups is 3.